The fourth-order valence-electron chi connectivity index (χ4n) is 3.05. The third-order valence-corrected chi connectivity index (χ3v) is 6.07. The molecule has 0 spiro atoms. The van der Waals surface area contributed by atoms with Gasteiger partial charge in [0.05, 0.1) is 4.91 Å². The van der Waals surface area contributed by atoms with Gasteiger partial charge in [-0.25, -0.2) is 0 Å². The predicted molar refractivity (Wildman–Crippen MR) is 115 cm³/mol. The quantitative estimate of drug-likeness (QED) is 0.658. The molecule has 1 amide bonds. The fourth-order valence-corrected chi connectivity index (χ4v) is 4.27. The van der Waals surface area contributed by atoms with Crippen LogP contribution in [0.5, 0.6) is 0 Å². The van der Waals surface area contributed by atoms with E-state index in [-0.39, 0.29) is 5.91 Å². The van der Waals surface area contributed by atoms with Crippen LogP contribution >= 0.6 is 35.0 Å². The molecule has 0 aromatic heterocycles. The first kappa shape index (κ1) is 18.4. The van der Waals surface area contributed by atoms with E-state index in [1.54, 1.807) is 0 Å². The maximum atomic E-state index is 12.3. The number of piperazine rings is 1. The van der Waals surface area contributed by atoms with E-state index in [9.17, 15) is 4.79 Å². The summed E-state index contributed by atoms with van der Waals surface area (Å²) in [6, 6.07) is 15.3. The SMILES string of the molecule is O=C1N=C(N2CCN(c3ccc(Cl)cc3)CC2)S/C1=C/c1ccc(Cl)cc1. The summed E-state index contributed by atoms with van der Waals surface area (Å²) >= 11 is 13.3. The Kier molecular flexibility index (Phi) is 5.43. The van der Waals surface area contributed by atoms with Gasteiger partial charge in [-0.15, -0.1) is 0 Å². The number of nitrogens with zero attached hydrogens (tertiary/aromatic N) is 3. The average molecular weight is 418 g/mol. The molecule has 1 saturated heterocycles. The molecule has 2 aliphatic rings. The van der Waals surface area contributed by atoms with Gasteiger partial charge < -0.3 is 9.80 Å². The number of amidine groups is 1. The van der Waals surface area contributed by atoms with Gasteiger partial charge in [-0.05, 0) is 59.8 Å². The van der Waals surface area contributed by atoms with Gasteiger partial charge in [0.15, 0.2) is 5.17 Å². The van der Waals surface area contributed by atoms with Gasteiger partial charge in [-0.2, -0.15) is 4.99 Å². The lowest BCUT2D eigenvalue weighted by Crippen LogP contribution is -2.47. The Labute approximate surface area is 172 Å². The lowest BCUT2D eigenvalue weighted by molar-refractivity contribution is -0.113. The van der Waals surface area contributed by atoms with Crippen molar-refractivity contribution in [2.75, 3.05) is 31.1 Å². The van der Waals surface area contributed by atoms with Crippen LogP contribution in [0, 0.1) is 0 Å². The topological polar surface area (TPSA) is 35.9 Å². The van der Waals surface area contributed by atoms with E-state index in [0.717, 1.165) is 41.9 Å². The van der Waals surface area contributed by atoms with E-state index in [1.807, 2.05) is 54.6 Å². The van der Waals surface area contributed by atoms with E-state index in [4.69, 9.17) is 23.2 Å². The molecular formula is C20H17Cl2N3OS. The van der Waals surface area contributed by atoms with Gasteiger partial charge in [-0.1, -0.05) is 35.3 Å². The van der Waals surface area contributed by atoms with Gasteiger partial charge in [-0.3, -0.25) is 4.79 Å². The molecule has 27 heavy (non-hydrogen) atoms. The molecule has 0 atom stereocenters. The molecule has 0 aliphatic carbocycles. The van der Waals surface area contributed by atoms with Gasteiger partial charge in [0.25, 0.3) is 5.91 Å². The summed E-state index contributed by atoms with van der Waals surface area (Å²) in [4.78, 5) is 21.7. The number of hydrogen-bond donors (Lipinski definition) is 0. The van der Waals surface area contributed by atoms with Crippen molar-refractivity contribution in [2.45, 2.75) is 0 Å². The van der Waals surface area contributed by atoms with Gasteiger partial charge in [0, 0.05) is 41.9 Å². The van der Waals surface area contributed by atoms with Crippen LogP contribution < -0.4 is 4.90 Å². The van der Waals surface area contributed by atoms with Crippen LogP contribution in [0.25, 0.3) is 6.08 Å². The third kappa shape index (κ3) is 4.32. The van der Waals surface area contributed by atoms with Crippen molar-refractivity contribution < 1.29 is 4.79 Å². The van der Waals surface area contributed by atoms with Crippen LogP contribution in [0.4, 0.5) is 5.69 Å². The second kappa shape index (κ2) is 7.97. The highest BCUT2D eigenvalue weighted by atomic mass is 35.5. The van der Waals surface area contributed by atoms with Crippen molar-refractivity contribution in [3.8, 4) is 0 Å². The number of hydrogen-bond acceptors (Lipinski definition) is 4. The summed E-state index contributed by atoms with van der Waals surface area (Å²) in [5.41, 5.74) is 2.11. The Hall–Kier alpha value is -1.95. The number of carbonyl (C=O) groups is 1. The second-order valence-corrected chi connectivity index (χ2v) is 8.19. The minimum Gasteiger partial charge on any atom is -0.368 e. The van der Waals surface area contributed by atoms with Crippen molar-refractivity contribution in [2.24, 2.45) is 4.99 Å². The molecule has 2 aliphatic heterocycles. The predicted octanol–water partition coefficient (Wildman–Crippen LogP) is 4.79. The number of amides is 1. The molecule has 1 fully saturated rings. The summed E-state index contributed by atoms with van der Waals surface area (Å²) in [6.45, 7) is 3.42. The Balaban J connectivity index is 1.39. The van der Waals surface area contributed by atoms with E-state index in [1.165, 1.54) is 17.4 Å². The number of anilines is 1. The van der Waals surface area contributed by atoms with Crippen molar-refractivity contribution in [3.05, 3.63) is 69.0 Å². The smallest absolute Gasteiger partial charge is 0.286 e. The number of aliphatic imine (C=N–C) groups is 1. The summed E-state index contributed by atoms with van der Waals surface area (Å²) < 4.78 is 0. The molecule has 138 valence electrons. The molecular weight excluding hydrogens is 401 g/mol. The van der Waals surface area contributed by atoms with Crippen LogP contribution in [-0.4, -0.2) is 42.2 Å². The molecule has 2 aromatic rings. The number of carbonyl (C=O) groups excluding carboxylic acids is 1. The van der Waals surface area contributed by atoms with Crippen LogP contribution in [0.3, 0.4) is 0 Å². The molecule has 0 N–H and O–H groups in total. The lowest BCUT2D eigenvalue weighted by Gasteiger charge is -2.36. The molecule has 0 unspecified atom stereocenters. The van der Waals surface area contributed by atoms with Crippen LogP contribution in [-0.2, 0) is 4.79 Å². The number of rotatable bonds is 2. The zero-order chi connectivity index (χ0) is 18.8. The highest BCUT2D eigenvalue weighted by Gasteiger charge is 2.28. The molecule has 2 heterocycles. The number of thioether (sulfide) groups is 1. The first-order valence-electron chi connectivity index (χ1n) is 8.62. The molecule has 0 saturated carbocycles. The van der Waals surface area contributed by atoms with Crippen molar-refractivity contribution in [1.29, 1.82) is 0 Å². The normalized spacial score (nSPS) is 19.0. The monoisotopic (exact) mass is 417 g/mol. The third-order valence-electron chi connectivity index (χ3n) is 4.52. The Bertz CT molecular complexity index is 902. The molecule has 4 rings (SSSR count). The zero-order valence-corrected chi connectivity index (χ0v) is 16.8. The van der Waals surface area contributed by atoms with Crippen LogP contribution in [0.1, 0.15) is 5.56 Å². The maximum Gasteiger partial charge on any atom is 0.286 e. The lowest BCUT2D eigenvalue weighted by atomic mass is 10.2. The summed E-state index contributed by atoms with van der Waals surface area (Å²) in [5.74, 6) is -0.176. The standard InChI is InChI=1S/C20H17Cl2N3OS/c21-15-3-1-14(2-4-15)13-18-19(26)23-20(27-18)25-11-9-24(10-12-25)17-7-5-16(22)6-8-17/h1-8,13H,9-12H2/b18-13+. The molecule has 0 radical (unpaired) electrons. The van der Waals surface area contributed by atoms with Crippen LogP contribution in [0.15, 0.2) is 58.4 Å². The zero-order valence-electron chi connectivity index (χ0n) is 14.4. The largest absolute Gasteiger partial charge is 0.368 e. The fraction of sp³-hybridized carbons (Fsp3) is 0.200. The first-order valence-corrected chi connectivity index (χ1v) is 10.2. The van der Waals surface area contributed by atoms with Gasteiger partial charge in [0.2, 0.25) is 0 Å². The van der Waals surface area contributed by atoms with Crippen molar-refractivity contribution >= 4 is 57.8 Å². The highest BCUT2D eigenvalue weighted by Crippen LogP contribution is 2.31. The minimum atomic E-state index is -0.176. The molecule has 2 aromatic carbocycles. The maximum absolute atomic E-state index is 12.3. The Morgan fingerprint density at radius 2 is 1.41 bits per heavy atom. The summed E-state index contributed by atoms with van der Waals surface area (Å²) in [5, 5.41) is 2.21. The van der Waals surface area contributed by atoms with E-state index in [2.05, 4.69) is 14.8 Å². The summed E-state index contributed by atoms with van der Waals surface area (Å²) in [6.07, 6.45) is 1.86. The van der Waals surface area contributed by atoms with Gasteiger partial charge >= 0.3 is 0 Å². The molecule has 0 bridgehead atoms. The number of halogens is 2. The average Bonchev–Trinajstić information content (AvgIpc) is 3.05. The van der Waals surface area contributed by atoms with E-state index in [0.29, 0.717) is 9.93 Å². The van der Waals surface area contributed by atoms with Gasteiger partial charge in [0.1, 0.15) is 0 Å². The van der Waals surface area contributed by atoms with Crippen molar-refractivity contribution in [3.63, 3.8) is 0 Å². The Morgan fingerprint density at radius 1 is 0.852 bits per heavy atom. The first-order chi connectivity index (χ1) is 13.1. The van der Waals surface area contributed by atoms with E-state index < -0.39 is 0 Å². The van der Waals surface area contributed by atoms with Crippen molar-refractivity contribution in [1.82, 2.24) is 4.90 Å². The molecule has 7 heteroatoms. The summed E-state index contributed by atoms with van der Waals surface area (Å²) in [7, 11) is 0. The molecule has 4 nitrogen and oxygen atoms in total. The minimum absolute atomic E-state index is 0.176. The van der Waals surface area contributed by atoms with Crippen LogP contribution in [0.2, 0.25) is 10.0 Å². The second-order valence-electron chi connectivity index (χ2n) is 6.31. The highest BCUT2D eigenvalue weighted by molar-refractivity contribution is 8.18. The number of benzene rings is 2. The van der Waals surface area contributed by atoms with E-state index >= 15 is 0 Å². The Morgan fingerprint density at radius 3 is 2.04 bits per heavy atom.